The summed E-state index contributed by atoms with van der Waals surface area (Å²) in [5.41, 5.74) is 3.70. The molecule has 1 aliphatic heterocycles. The molecule has 0 amide bonds. The largest absolute Gasteiger partial charge is 0.437 e. The van der Waals surface area contributed by atoms with Gasteiger partial charge in [-0.1, -0.05) is 0 Å². The SMILES string of the molecule is Cc1ccc2oc(C3NCCc4sccc43)nc2n1. The Morgan fingerprint density at radius 1 is 1.32 bits per heavy atom. The maximum Gasteiger partial charge on any atom is 0.218 e. The number of aryl methyl sites for hydroxylation is 1. The molecule has 0 aromatic carbocycles. The molecule has 0 radical (unpaired) electrons. The van der Waals surface area contributed by atoms with Crippen molar-refractivity contribution in [3.05, 3.63) is 45.6 Å². The topological polar surface area (TPSA) is 51.0 Å². The zero-order valence-electron chi connectivity index (χ0n) is 10.5. The van der Waals surface area contributed by atoms with Crippen molar-refractivity contribution in [1.29, 1.82) is 0 Å². The molecule has 0 bridgehead atoms. The lowest BCUT2D eigenvalue weighted by Gasteiger charge is -2.21. The quantitative estimate of drug-likeness (QED) is 0.739. The first-order valence-corrected chi connectivity index (χ1v) is 7.23. The normalized spacial score (nSPS) is 18.7. The van der Waals surface area contributed by atoms with Gasteiger partial charge in [-0.15, -0.1) is 11.3 Å². The fourth-order valence-electron chi connectivity index (χ4n) is 2.52. The molecular weight excluding hydrogens is 258 g/mol. The van der Waals surface area contributed by atoms with Crippen LogP contribution in [0.1, 0.15) is 28.1 Å². The van der Waals surface area contributed by atoms with Crippen molar-refractivity contribution in [2.45, 2.75) is 19.4 Å². The molecule has 0 fully saturated rings. The van der Waals surface area contributed by atoms with Crippen molar-refractivity contribution in [2.24, 2.45) is 0 Å². The number of fused-ring (bicyclic) bond motifs is 2. The minimum absolute atomic E-state index is 0.0597. The van der Waals surface area contributed by atoms with Crippen LogP contribution >= 0.6 is 11.3 Å². The van der Waals surface area contributed by atoms with Gasteiger partial charge in [0.15, 0.2) is 11.2 Å². The van der Waals surface area contributed by atoms with Crippen LogP contribution in [0.2, 0.25) is 0 Å². The average Bonchev–Trinajstić information content (AvgIpc) is 3.03. The molecule has 0 saturated carbocycles. The van der Waals surface area contributed by atoms with E-state index in [4.69, 9.17) is 4.42 Å². The minimum atomic E-state index is 0.0597. The maximum atomic E-state index is 5.86. The van der Waals surface area contributed by atoms with E-state index >= 15 is 0 Å². The number of hydrogen-bond acceptors (Lipinski definition) is 5. The van der Waals surface area contributed by atoms with Crippen LogP contribution in [0.25, 0.3) is 11.2 Å². The lowest BCUT2D eigenvalue weighted by Crippen LogP contribution is -2.29. The molecule has 1 unspecified atom stereocenters. The Kier molecular flexibility index (Phi) is 2.43. The zero-order valence-corrected chi connectivity index (χ0v) is 11.3. The second-order valence-electron chi connectivity index (χ2n) is 4.76. The van der Waals surface area contributed by atoms with Crippen molar-refractivity contribution in [3.63, 3.8) is 0 Å². The Morgan fingerprint density at radius 2 is 2.26 bits per heavy atom. The highest BCUT2D eigenvalue weighted by atomic mass is 32.1. The molecule has 0 spiro atoms. The van der Waals surface area contributed by atoms with Crippen LogP contribution in [-0.2, 0) is 6.42 Å². The molecule has 1 aliphatic rings. The molecule has 3 aromatic heterocycles. The van der Waals surface area contributed by atoms with E-state index in [1.54, 1.807) is 0 Å². The van der Waals surface area contributed by atoms with Gasteiger partial charge in [0, 0.05) is 17.1 Å². The van der Waals surface area contributed by atoms with Gasteiger partial charge in [0.2, 0.25) is 5.89 Å². The summed E-state index contributed by atoms with van der Waals surface area (Å²) in [6.45, 7) is 2.92. The fraction of sp³-hybridized carbons (Fsp3) is 0.286. The first-order valence-electron chi connectivity index (χ1n) is 6.35. The smallest absolute Gasteiger partial charge is 0.218 e. The van der Waals surface area contributed by atoms with Crippen LogP contribution in [-0.4, -0.2) is 16.5 Å². The number of oxazole rings is 1. The predicted molar refractivity (Wildman–Crippen MR) is 74.4 cm³/mol. The highest BCUT2D eigenvalue weighted by molar-refractivity contribution is 7.10. The summed E-state index contributed by atoms with van der Waals surface area (Å²) < 4.78 is 5.86. The Morgan fingerprint density at radius 3 is 3.21 bits per heavy atom. The van der Waals surface area contributed by atoms with Crippen LogP contribution in [0.4, 0.5) is 0 Å². The van der Waals surface area contributed by atoms with E-state index in [1.165, 1.54) is 10.4 Å². The summed E-state index contributed by atoms with van der Waals surface area (Å²) in [5, 5.41) is 5.61. The predicted octanol–water partition coefficient (Wildman–Crippen LogP) is 2.83. The monoisotopic (exact) mass is 271 g/mol. The first-order chi connectivity index (χ1) is 9.31. The molecule has 3 aromatic rings. The molecule has 0 aliphatic carbocycles. The van der Waals surface area contributed by atoms with E-state index in [2.05, 4.69) is 26.7 Å². The first kappa shape index (κ1) is 11.1. The molecule has 0 saturated heterocycles. The number of aromatic nitrogens is 2. The van der Waals surface area contributed by atoms with Gasteiger partial charge >= 0.3 is 0 Å². The van der Waals surface area contributed by atoms with Gasteiger partial charge in [-0.25, -0.2) is 4.98 Å². The molecule has 1 atom stereocenters. The van der Waals surface area contributed by atoms with E-state index in [0.717, 1.165) is 24.2 Å². The summed E-state index contributed by atoms with van der Waals surface area (Å²) >= 11 is 1.81. The third-order valence-electron chi connectivity index (χ3n) is 3.45. The molecular formula is C14H13N3OS. The van der Waals surface area contributed by atoms with Crippen molar-refractivity contribution >= 4 is 22.6 Å². The lowest BCUT2D eigenvalue weighted by atomic mass is 10.0. The summed E-state index contributed by atoms with van der Waals surface area (Å²) in [6, 6.07) is 6.10. The van der Waals surface area contributed by atoms with Crippen LogP contribution in [0.15, 0.2) is 28.0 Å². The maximum absolute atomic E-state index is 5.86. The second-order valence-corrected chi connectivity index (χ2v) is 5.76. The second kappa shape index (κ2) is 4.15. The van der Waals surface area contributed by atoms with Gasteiger partial charge in [0.1, 0.15) is 6.04 Å². The fourth-order valence-corrected chi connectivity index (χ4v) is 3.45. The molecule has 5 heteroatoms. The third-order valence-corrected chi connectivity index (χ3v) is 4.44. The van der Waals surface area contributed by atoms with Gasteiger partial charge in [0.05, 0.1) is 0 Å². The molecule has 4 nitrogen and oxygen atoms in total. The van der Waals surface area contributed by atoms with Crippen molar-refractivity contribution < 1.29 is 4.42 Å². The van der Waals surface area contributed by atoms with Crippen LogP contribution in [0.5, 0.6) is 0 Å². The lowest BCUT2D eigenvalue weighted by molar-refractivity contribution is 0.442. The van der Waals surface area contributed by atoms with Gasteiger partial charge in [-0.05, 0) is 42.5 Å². The third kappa shape index (κ3) is 1.77. The molecule has 4 rings (SSSR count). The van der Waals surface area contributed by atoms with Crippen molar-refractivity contribution in [3.8, 4) is 0 Å². The zero-order chi connectivity index (χ0) is 12.8. The van der Waals surface area contributed by atoms with E-state index in [1.807, 2.05) is 30.4 Å². The number of pyridine rings is 1. The van der Waals surface area contributed by atoms with Gasteiger partial charge in [-0.3, -0.25) is 0 Å². The highest BCUT2D eigenvalue weighted by Crippen LogP contribution is 2.32. The molecule has 1 N–H and O–H groups in total. The van der Waals surface area contributed by atoms with E-state index in [0.29, 0.717) is 11.5 Å². The molecule has 19 heavy (non-hydrogen) atoms. The summed E-state index contributed by atoms with van der Waals surface area (Å²) in [5.74, 6) is 0.715. The van der Waals surface area contributed by atoms with Crippen LogP contribution < -0.4 is 5.32 Å². The Balaban J connectivity index is 1.83. The Hall–Kier alpha value is -1.72. The molecule has 4 heterocycles. The summed E-state index contributed by atoms with van der Waals surface area (Å²) in [6.07, 6.45) is 1.08. The molecule has 96 valence electrons. The number of thiophene rings is 1. The van der Waals surface area contributed by atoms with E-state index < -0.39 is 0 Å². The number of rotatable bonds is 1. The Bertz CT molecular complexity index is 746. The van der Waals surface area contributed by atoms with E-state index in [9.17, 15) is 0 Å². The minimum Gasteiger partial charge on any atom is -0.437 e. The number of nitrogens with one attached hydrogen (secondary N) is 1. The van der Waals surface area contributed by atoms with Crippen molar-refractivity contribution in [2.75, 3.05) is 6.54 Å². The summed E-state index contributed by atoms with van der Waals surface area (Å²) in [4.78, 5) is 10.4. The average molecular weight is 271 g/mol. The summed E-state index contributed by atoms with van der Waals surface area (Å²) in [7, 11) is 0. The number of hydrogen-bond donors (Lipinski definition) is 1. The number of nitrogens with zero attached hydrogens (tertiary/aromatic N) is 2. The van der Waals surface area contributed by atoms with Crippen LogP contribution in [0, 0.1) is 6.92 Å². The highest BCUT2D eigenvalue weighted by Gasteiger charge is 2.26. The van der Waals surface area contributed by atoms with Gasteiger partial charge in [0.25, 0.3) is 0 Å². The van der Waals surface area contributed by atoms with Crippen LogP contribution in [0.3, 0.4) is 0 Å². The Labute approximate surface area is 114 Å². The van der Waals surface area contributed by atoms with Gasteiger partial charge < -0.3 is 9.73 Å². The van der Waals surface area contributed by atoms with Crippen molar-refractivity contribution in [1.82, 2.24) is 15.3 Å². The van der Waals surface area contributed by atoms with E-state index in [-0.39, 0.29) is 6.04 Å². The van der Waals surface area contributed by atoms with Gasteiger partial charge in [-0.2, -0.15) is 4.98 Å². The standard InChI is InChI=1S/C14H13N3OS/c1-8-2-3-10-13(16-8)17-14(18-10)12-9-5-7-19-11(9)4-6-15-12/h2-3,5,7,12,15H,4,6H2,1H3.